The van der Waals surface area contributed by atoms with Crippen LogP contribution in [-0.2, 0) is 47.8 Å². The highest BCUT2D eigenvalue weighted by Gasteiger charge is 2.55. The molecular weight excluding hydrogens is 650 g/mol. The fraction of sp³-hybridized carbons (Fsp3) is 0.390. The lowest BCUT2D eigenvalue weighted by Gasteiger charge is -2.31. The third-order valence-corrected chi connectivity index (χ3v) is 9.25. The van der Waals surface area contributed by atoms with Gasteiger partial charge in [0, 0.05) is 31.3 Å². The number of phenols is 1. The van der Waals surface area contributed by atoms with Crippen LogP contribution in [-0.4, -0.2) is 70.4 Å². The molecule has 268 valence electrons. The Morgan fingerprint density at radius 1 is 0.980 bits per heavy atom. The zero-order chi connectivity index (χ0) is 36.2. The summed E-state index contributed by atoms with van der Waals surface area (Å²) in [5.41, 5.74) is 3.66. The summed E-state index contributed by atoms with van der Waals surface area (Å²) in [6.45, 7) is 4.96. The first-order chi connectivity index (χ1) is 24.4. The van der Waals surface area contributed by atoms with Gasteiger partial charge in [0.15, 0.2) is 5.79 Å². The summed E-state index contributed by atoms with van der Waals surface area (Å²) in [7, 11) is 0. The Balaban J connectivity index is 1.19. The molecule has 51 heavy (non-hydrogen) atoms. The summed E-state index contributed by atoms with van der Waals surface area (Å²) in [6.07, 6.45) is 4.99. The van der Waals surface area contributed by atoms with Crippen LogP contribution >= 0.6 is 0 Å². The van der Waals surface area contributed by atoms with E-state index >= 15 is 0 Å². The molecule has 0 radical (unpaired) electrons. The van der Waals surface area contributed by atoms with Crippen molar-refractivity contribution in [2.75, 3.05) is 6.61 Å². The lowest BCUT2D eigenvalue weighted by atomic mass is 9.91. The predicted octanol–water partition coefficient (Wildman–Crippen LogP) is 5.38. The zero-order valence-electron chi connectivity index (χ0n) is 29.2. The Morgan fingerprint density at radius 3 is 2.37 bits per heavy atom. The van der Waals surface area contributed by atoms with E-state index in [9.17, 15) is 24.6 Å². The van der Waals surface area contributed by atoms with Gasteiger partial charge in [0.2, 0.25) is 5.91 Å². The Hall–Kier alpha value is -4.77. The lowest BCUT2D eigenvalue weighted by molar-refractivity contribution is -0.172. The molecule has 1 saturated heterocycles. The molecule has 0 bridgehead atoms. The molecule has 3 N–H and O–H groups in total. The molecule has 3 aromatic carbocycles. The molecular formula is C41H45NO9. The maximum atomic E-state index is 13.9. The van der Waals surface area contributed by atoms with Crippen molar-refractivity contribution in [3.8, 4) is 5.75 Å². The Morgan fingerprint density at radius 2 is 1.67 bits per heavy atom. The van der Waals surface area contributed by atoms with E-state index in [2.05, 4.69) is 5.32 Å². The highest BCUT2D eigenvalue weighted by atomic mass is 16.8. The average Bonchev–Trinajstić information content (AvgIpc) is 3.64. The SMILES string of the molecule is CC(C)(C)OC(=O)CCC(CO)NC(=O)C1=CC2OC3(Cc4ccccc4C3)OC2C(OC(=O)c2ccccc2C=CCc2ccccc2O)C1. The molecule has 1 fully saturated rings. The van der Waals surface area contributed by atoms with Crippen LogP contribution in [0, 0.1) is 0 Å². The van der Waals surface area contributed by atoms with E-state index in [1.807, 2.05) is 60.7 Å². The number of phenolic OH excluding ortho intramolecular Hbond substituents is 1. The van der Waals surface area contributed by atoms with Crippen molar-refractivity contribution in [1.82, 2.24) is 5.32 Å². The molecule has 3 aromatic rings. The lowest BCUT2D eigenvalue weighted by Crippen LogP contribution is -2.45. The smallest absolute Gasteiger partial charge is 0.339 e. The normalized spacial score (nSPS) is 21.1. The van der Waals surface area contributed by atoms with Crippen LogP contribution in [0.1, 0.15) is 72.6 Å². The maximum absolute atomic E-state index is 13.9. The van der Waals surface area contributed by atoms with E-state index in [0.29, 0.717) is 36.0 Å². The number of allylic oxidation sites excluding steroid dienone is 1. The topological polar surface area (TPSA) is 141 Å². The molecule has 1 amide bonds. The predicted molar refractivity (Wildman–Crippen MR) is 190 cm³/mol. The molecule has 6 rings (SSSR count). The van der Waals surface area contributed by atoms with Crippen molar-refractivity contribution in [1.29, 1.82) is 0 Å². The van der Waals surface area contributed by atoms with Crippen molar-refractivity contribution in [3.05, 3.63) is 118 Å². The van der Waals surface area contributed by atoms with Gasteiger partial charge < -0.3 is 34.5 Å². The molecule has 0 aromatic heterocycles. The quantitative estimate of drug-likeness (QED) is 0.226. The Kier molecular flexibility index (Phi) is 10.8. The number of nitrogens with one attached hydrogen (secondary N) is 1. The van der Waals surface area contributed by atoms with Gasteiger partial charge in [-0.2, -0.15) is 0 Å². The van der Waals surface area contributed by atoms with Gasteiger partial charge >= 0.3 is 11.9 Å². The minimum absolute atomic E-state index is 0.0210. The number of aliphatic hydroxyl groups excluding tert-OH is 1. The highest BCUT2D eigenvalue weighted by molar-refractivity contribution is 5.95. The number of aliphatic hydroxyl groups is 1. The first kappa shape index (κ1) is 36.0. The van der Waals surface area contributed by atoms with Crippen LogP contribution < -0.4 is 5.32 Å². The first-order valence-electron chi connectivity index (χ1n) is 17.4. The van der Waals surface area contributed by atoms with Crippen molar-refractivity contribution in [2.24, 2.45) is 0 Å². The molecule has 4 atom stereocenters. The molecule has 1 aliphatic heterocycles. The van der Waals surface area contributed by atoms with Crippen LogP contribution in [0.25, 0.3) is 6.08 Å². The monoisotopic (exact) mass is 695 g/mol. The number of benzene rings is 3. The summed E-state index contributed by atoms with van der Waals surface area (Å²) in [5, 5.41) is 23.0. The molecule has 0 saturated carbocycles. The van der Waals surface area contributed by atoms with Gasteiger partial charge in [-0.3, -0.25) is 9.59 Å². The number of para-hydroxylation sites is 1. The molecule has 4 unspecified atom stereocenters. The van der Waals surface area contributed by atoms with Gasteiger partial charge in [0.1, 0.15) is 29.7 Å². The highest BCUT2D eigenvalue weighted by Crippen LogP contribution is 2.45. The van der Waals surface area contributed by atoms with Crippen LogP contribution in [0.2, 0.25) is 0 Å². The van der Waals surface area contributed by atoms with Crippen LogP contribution in [0.4, 0.5) is 0 Å². The number of amides is 1. The van der Waals surface area contributed by atoms with Gasteiger partial charge in [-0.1, -0.05) is 72.8 Å². The van der Waals surface area contributed by atoms with Gasteiger partial charge in [-0.25, -0.2) is 4.79 Å². The Bertz CT molecular complexity index is 1800. The molecule has 10 nitrogen and oxygen atoms in total. The molecule has 3 aliphatic rings. The zero-order valence-corrected chi connectivity index (χ0v) is 29.2. The second-order valence-electron chi connectivity index (χ2n) is 14.3. The number of hydrogen-bond acceptors (Lipinski definition) is 9. The van der Waals surface area contributed by atoms with Gasteiger partial charge in [-0.05, 0) is 74.1 Å². The summed E-state index contributed by atoms with van der Waals surface area (Å²) < 4.78 is 24.8. The number of carbonyl (C=O) groups excluding carboxylic acids is 3. The van der Waals surface area contributed by atoms with Crippen LogP contribution in [0.15, 0.2) is 90.5 Å². The third kappa shape index (κ3) is 8.76. The summed E-state index contributed by atoms with van der Waals surface area (Å²) in [5.74, 6) is -2.21. The standard InChI is InChI=1S/C41H45NO9/c1-40(2,3)50-36(45)20-19-31(25-43)42-38(46)30-21-34(37-35(22-30)49-41(51-37)23-28-13-4-5-14-29(28)24-41)48-39(47)32-17-8-6-11-26(32)15-10-16-27-12-7-9-18-33(27)44/h4-15,17-18,22,31,34-35,37,43-44H,16,19-21,23-25H2,1-3H3,(H,42,46). The number of carbonyl (C=O) groups is 3. The summed E-state index contributed by atoms with van der Waals surface area (Å²) >= 11 is 0. The minimum Gasteiger partial charge on any atom is -0.508 e. The fourth-order valence-electron chi connectivity index (χ4n) is 6.86. The maximum Gasteiger partial charge on any atom is 0.339 e. The van der Waals surface area contributed by atoms with Gasteiger partial charge in [0.05, 0.1) is 18.2 Å². The van der Waals surface area contributed by atoms with Crippen molar-refractivity contribution in [2.45, 2.75) is 95.0 Å². The summed E-state index contributed by atoms with van der Waals surface area (Å²) in [6, 6.07) is 21.5. The van der Waals surface area contributed by atoms with Crippen molar-refractivity contribution in [3.63, 3.8) is 0 Å². The molecule has 2 aliphatic carbocycles. The summed E-state index contributed by atoms with van der Waals surface area (Å²) in [4.78, 5) is 39.8. The minimum atomic E-state index is -0.962. The van der Waals surface area contributed by atoms with Crippen LogP contribution in [0.3, 0.4) is 0 Å². The largest absolute Gasteiger partial charge is 0.508 e. The van der Waals surface area contributed by atoms with E-state index in [1.54, 1.807) is 51.1 Å². The number of esters is 2. The molecule has 1 spiro atoms. The van der Waals surface area contributed by atoms with E-state index in [0.717, 1.165) is 16.7 Å². The number of rotatable bonds is 11. The van der Waals surface area contributed by atoms with E-state index in [-0.39, 0.29) is 31.6 Å². The van der Waals surface area contributed by atoms with Gasteiger partial charge in [0.25, 0.3) is 0 Å². The Labute approximate surface area is 298 Å². The number of hydrogen-bond donors (Lipinski definition) is 3. The van der Waals surface area contributed by atoms with Crippen molar-refractivity contribution < 1.29 is 43.5 Å². The average molecular weight is 696 g/mol. The second-order valence-corrected chi connectivity index (χ2v) is 14.3. The van der Waals surface area contributed by atoms with E-state index in [4.69, 9.17) is 18.9 Å². The molecule has 1 heterocycles. The third-order valence-electron chi connectivity index (χ3n) is 9.25. The van der Waals surface area contributed by atoms with Crippen LogP contribution in [0.5, 0.6) is 5.75 Å². The molecule has 10 heteroatoms. The van der Waals surface area contributed by atoms with Crippen molar-refractivity contribution >= 4 is 23.9 Å². The van der Waals surface area contributed by atoms with Gasteiger partial charge in [-0.15, -0.1) is 0 Å². The second kappa shape index (κ2) is 15.2. The number of ether oxygens (including phenoxy) is 4. The van der Waals surface area contributed by atoms with E-state index < -0.39 is 53.6 Å². The first-order valence-corrected chi connectivity index (χ1v) is 17.4. The van der Waals surface area contributed by atoms with E-state index in [1.165, 1.54) is 0 Å². The fourth-order valence-corrected chi connectivity index (χ4v) is 6.86. The number of fused-ring (bicyclic) bond motifs is 2. The number of aromatic hydroxyl groups is 1.